The van der Waals surface area contributed by atoms with Gasteiger partial charge in [0.15, 0.2) is 9.84 Å². The molecule has 0 bridgehead atoms. The highest BCUT2D eigenvalue weighted by Crippen LogP contribution is 2.37. The van der Waals surface area contributed by atoms with Crippen LogP contribution in [0.25, 0.3) is 0 Å². The van der Waals surface area contributed by atoms with Gasteiger partial charge in [0.1, 0.15) is 6.04 Å². The summed E-state index contributed by atoms with van der Waals surface area (Å²) < 4.78 is 25.1. The van der Waals surface area contributed by atoms with E-state index in [1.807, 2.05) is 19.1 Å². The van der Waals surface area contributed by atoms with Gasteiger partial charge in [-0.3, -0.25) is 4.79 Å². The second kappa shape index (κ2) is 9.16. The molecule has 0 aliphatic heterocycles. The molecule has 6 nitrogen and oxygen atoms in total. The zero-order valence-electron chi connectivity index (χ0n) is 17.4. The van der Waals surface area contributed by atoms with Crippen LogP contribution in [0.15, 0.2) is 75.7 Å². The number of aryl methyl sites for hydroxylation is 2. The van der Waals surface area contributed by atoms with Crippen LogP contribution in [0.5, 0.6) is 0 Å². The molecule has 1 unspecified atom stereocenters. The maximum Gasteiger partial charge on any atom is 0.250 e. The largest absolute Gasteiger partial charge is 0.318 e. The molecular weight excluding hydrogens is 436 g/mol. The normalized spacial score (nSPS) is 13.5. The Morgan fingerprint density at radius 1 is 1.03 bits per heavy atom. The first-order valence-electron chi connectivity index (χ1n) is 9.65. The van der Waals surface area contributed by atoms with Crippen molar-refractivity contribution in [1.82, 2.24) is 4.57 Å². The molecule has 8 heteroatoms. The Morgan fingerprint density at radius 3 is 2.23 bits per heavy atom. The van der Waals surface area contributed by atoms with Crippen molar-refractivity contribution in [2.24, 2.45) is 12.2 Å². The maximum atomic E-state index is 11.8. The van der Waals surface area contributed by atoms with Gasteiger partial charge in [-0.25, -0.2) is 8.42 Å². The molecule has 0 spiro atoms. The monoisotopic (exact) mass is 458 g/mol. The lowest BCUT2D eigenvalue weighted by molar-refractivity contribution is 0.586. The molecule has 2 aromatic carbocycles. The number of nitrogens with zero attached hydrogens (tertiary/aromatic N) is 2. The standard InChI is InChI=1S/C23H23ClN2O4S/c1-15-12-18(24)7-10-20(15)21(16-4-8-19(9-5-16)31(3,29)30)13-22(25-28)17-6-11-23(27)26(2)14-17/h4-12,14,21-22H,13H2,1-3H3/t21-,22?/m0/s1. The zero-order valence-corrected chi connectivity index (χ0v) is 19.0. The smallest absolute Gasteiger partial charge is 0.250 e. The molecule has 0 N–H and O–H groups in total. The second-order valence-corrected chi connectivity index (χ2v) is 10.1. The molecule has 0 fully saturated rings. The summed E-state index contributed by atoms with van der Waals surface area (Å²) in [7, 11) is -1.70. The Labute approximate surface area is 186 Å². The first kappa shape index (κ1) is 22.9. The number of hydrogen-bond donors (Lipinski definition) is 0. The second-order valence-electron chi connectivity index (χ2n) is 7.66. The van der Waals surface area contributed by atoms with Crippen molar-refractivity contribution in [3.8, 4) is 0 Å². The van der Waals surface area contributed by atoms with E-state index < -0.39 is 15.9 Å². The van der Waals surface area contributed by atoms with Gasteiger partial charge in [0.05, 0.1) is 4.90 Å². The van der Waals surface area contributed by atoms with E-state index >= 15 is 0 Å². The van der Waals surface area contributed by atoms with Gasteiger partial charge in [0.2, 0.25) is 5.56 Å². The van der Waals surface area contributed by atoms with Crippen LogP contribution < -0.4 is 5.56 Å². The Morgan fingerprint density at radius 2 is 1.68 bits per heavy atom. The first-order valence-corrected chi connectivity index (χ1v) is 11.9. The maximum absolute atomic E-state index is 11.8. The lowest BCUT2D eigenvalue weighted by Crippen LogP contribution is -2.16. The lowest BCUT2D eigenvalue weighted by Gasteiger charge is -2.23. The van der Waals surface area contributed by atoms with Gasteiger partial charge in [-0.05, 0) is 65.9 Å². The number of sulfone groups is 1. The average molecular weight is 459 g/mol. The van der Waals surface area contributed by atoms with E-state index in [1.54, 1.807) is 49.6 Å². The molecule has 2 atom stereocenters. The highest BCUT2D eigenvalue weighted by molar-refractivity contribution is 7.90. The molecule has 1 heterocycles. The molecule has 3 rings (SSSR count). The van der Waals surface area contributed by atoms with Crippen molar-refractivity contribution in [3.05, 3.63) is 103 Å². The van der Waals surface area contributed by atoms with Gasteiger partial charge in [-0.15, -0.1) is 0 Å². The molecule has 3 aromatic rings. The van der Waals surface area contributed by atoms with Crippen LogP contribution in [0.4, 0.5) is 0 Å². The Kier molecular flexibility index (Phi) is 6.77. The first-order chi connectivity index (χ1) is 14.6. The van der Waals surface area contributed by atoms with Crippen LogP contribution in [0.2, 0.25) is 5.02 Å². The van der Waals surface area contributed by atoms with Crippen molar-refractivity contribution in [1.29, 1.82) is 0 Å². The third kappa shape index (κ3) is 5.29. The fourth-order valence-electron chi connectivity index (χ4n) is 3.70. The number of halogens is 1. The predicted octanol–water partition coefficient (Wildman–Crippen LogP) is 4.78. The van der Waals surface area contributed by atoms with Gasteiger partial charge in [0.25, 0.3) is 0 Å². The van der Waals surface area contributed by atoms with E-state index in [0.717, 1.165) is 22.9 Å². The minimum absolute atomic E-state index is 0.171. The van der Waals surface area contributed by atoms with Crippen LogP contribution in [-0.2, 0) is 16.9 Å². The van der Waals surface area contributed by atoms with Gasteiger partial charge in [0, 0.05) is 36.5 Å². The Balaban J connectivity index is 2.07. The van der Waals surface area contributed by atoms with Crippen LogP contribution in [0.1, 0.15) is 40.6 Å². The highest BCUT2D eigenvalue weighted by Gasteiger charge is 2.24. The minimum atomic E-state index is -3.32. The van der Waals surface area contributed by atoms with Gasteiger partial charge >= 0.3 is 0 Å². The highest BCUT2D eigenvalue weighted by atomic mass is 35.5. The van der Waals surface area contributed by atoms with Crippen molar-refractivity contribution in [2.75, 3.05) is 6.26 Å². The molecule has 31 heavy (non-hydrogen) atoms. The number of nitroso groups, excluding NO2 is 1. The van der Waals surface area contributed by atoms with Crippen LogP contribution in [0.3, 0.4) is 0 Å². The van der Waals surface area contributed by atoms with Gasteiger partial charge in [-0.1, -0.05) is 35.0 Å². The van der Waals surface area contributed by atoms with E-state index in [4.69, 9.17) is 11.6 Å². The van der Waals surface area contributed by atoms with Crippen LogP contribution in [0, 0.1) is 11.8 Å². The fraction of sp³-hybridized carbons (Fsp3) is 0.261. The van der Waals surface area contributed by atoms with Crippen molar-refractivity contribution in [2.45, 2.75) is 30.2 Å². The number of benzene rings is 2. The third-order valence-electron chi connectivity index (χ3n) is 5.40. The molecule has 0 saturated heterocycles. The van der Waals surface area contributed by atoms with E-state index in [0.29, 0.717) is 17.0 Å². The van der Waals surface area contributed by atoms with Crippen molar-refractivity contribution in [3.63, 3.8) is 0 Å². The summed E-state index contributed by atoms with van der Waals surface area (Å²) in [6.07, 6.45) is 3.13. The van der Waals surface area contributed by atoms with Gasteiger partial charge in [-0.2, -0.15) is 4.91 Å². The van der Waals surface area contributed by atoms with Gasteiger partial charge < -0.3 is 4.57 Å². The quantitative estimate of drug-likeness (QED) is 0.477. The predicted molar refractivity (Wildman–Crippen MR) is 122 cm³/mol. The number of aromatic nitrogens is 1. The lowest BCUT2D eigenvalue weighted by atomic mass is 9.83. The Hall–Kier alpha value is -2.77. The summed E-state index contributed by atoms with van der Waals surface area (Å²) in [5, 5.41) is 3.94. The topological polar surface area (TPSA) is 85.6 Å². The number of hydrogen-bond acceptors (Lipinski definition) is 5. The average Bonchev–Trinajstić information content (AvgIpc) is 2.71. The molecule has 0 aliphatic rings. The van der Waals surface area contributed by atoms with Crippen LogP contribution in [-0.4, -0.2) is 19.2 Å². The molecule has 0 amide bonds. The summed E-state index contributed by atoms with van der Waals surface area (Å²) >= 11 is 6.13. The molecule has 0 radical (unpaired) electrons. The summed E-state index contributed by atoms with van der Waals surface area (Å²) in [5.74, 6) is -0.231. The van der Waals surface area contributed by atoms with Crippen molar-refractivity contribution < 1.29 is 8.42 Å². The fourth-order valence-corrected chi connectivity index (χ4v) is 4.55. The molecule has 0 aliphatic carbocycles. The summed E-state index contributed by atoms with van der Waals surface area (Å²) in [6.45, 7) is 1.94. The molecule has 0 saturated carbocycles. The molecule has 1 aromatic heterocycles. The van der Waals surface area contributed by atoms with E-state index in [9.17, 15) is 18.1 Å². The summed E-state index contributed by atoms with van der Waals surface area (Å²) in [4.78, 5) is 23.7. The molecule has 162 valence electrons. The third-order valence-corrected chi connectivity index (χ3v) is 6.76. The van der Waals surface area contributed by atoms with Crippen molar-refractivity contribution >= 4 is 21.4 Å². The summed E-state index contributed by atoms with van der Waals surface area (Å²) in [5.41, 5.74) is 3.25. The minimum Gasteiger partial charge on any atom is -0.318 e. The zero-order chi connectivity index (χ0) is 22.8. The molecular formula is C23H23ClN2O4S. The van der Waals surface area contributed by atoms with E-state index in [2.05, 4.69) is 5.18 Å². The number of pyridine rings is 1. The van der Waals surface area contributed by atoms with E-state index in [-0.39, 0.29) is 16.4 Å². The summed E-state index contributed by atoms with van der Waals surface area (Å²) in [6, 6.07) is 14.6. The van der Waals surface area contributed by atoms with Crippen LogP contribution >= 0.6 is 11.6 Å². The number of rotatable bonds is 7. The SMILES string of the molecule is Cc1cc(Cl)ccc1[C@@H](CC(N=O)c1ccc(=O)n(C)c1)c1ccc(S(C)(=O)=O)cc1. The van der Waals surface area contributed by atoms with E-state index in [1.165, 1.54) is 10.6 Å². The Bertz CT molecular complexity index is 1270.